The summed E-state index contributed by atoms with van der Waals surface area (Å²) in [5.74, 6) is 6.52. The second-order valence-electron chi connectivity index (χ2n) is 4.47. The molecule has 0 aliphatic carbocycles. The number of ether oxygens (including phenoxy) is 2. The lowest BCUT2D eigenvalue weighted by atomic mass is 10.0. The first-order chi connectivity index (χ1) is 8.17. The molecule has 2 unspecified atom stereocenters. The van der Waals surface area contributed by atoms with E-state index in [-0.39, 0.29) is 18.3 Å². The van der Waals surface area contributed by atoms with Gasteiger partial charge in [-0.15, -0.1) is 0 Å². The molecule has 0 bridgehead atoms. The minimum absolute atomic E-state index is 0.161. The van der Waals surface area contributed by atoms with Crippen molar-refractivity contribution in [2.45, 2.75) is 45.0 Å². The molecule has 1 aromatic rings. The van der Waals surface area contributed by atoms with Gasteiger partial charge in [0.2, 0.25) is 5.88 Å². The van der Waals surface area contributed by atoms with Crippen molar-refractivity contribution in [2.75, 3.05) is 5.43 Å². The SMILES string of the molecule is CC1CC(Oc2cccc(NN)n2)CC(C)O1. The van der Waals surface area contributed by atoms with E-state index in [1.807, 2.05) is 12.1 Å². The quantitative estimate of drug-likeness (QED) is 0.618. The van der Waals surface area contributed by atoms with Gasteiger partial charge in [-0.1, -0.05) is 6.07 Å². The number of hydrogen-bond acceptors (Lipinski definition) is 5. The highest BCUT2D eigenvalue weighted by atomic mass is 16.5. The first-order valence-electron chi connectivity index (χ1n) is 5.93. The third kappa shape index (κ3) is 3.31. The molecule has 1 aliphatic rings. The molecule has 3 N–H and O–H groups in total. The summed E-state index contributed by atoms with van der Waals surface area (Å²) in [5, 5.41) is 0. The minimum Gasteiger partial charge on any atom is -0.474 e. The Kier molecular flexibility index (Phi) is 3.81. The van der Waals surface area contributed by atoms with Crippen molar-refractivity contribution in [3.05, 3.63) is 18.2 Å². The number of nitrogens with two attached hydrogens (primary N) is 1. The van der Waals surface area contributed by atoms with Crippen molar-refractivity contribution in [3.8, 4) is 5.88 Å². The van der Waals surface area contributed by atoms with Crippen LogP contribution in [0.15, 0.2) is 18.2 Å². The molecule has 1 aromatic heterocycles. The standard InChI is InChI=1S/C12H19N3O2/c1-8-6-10(7-9(2)16-8)17-12-5-3-4-11(14-12)15-13/h3-5,8-10H,6-7,13H2,1-2H3,(H,14,15). The van der Waals surface area contributed by atoms with Crippen LogP contribution in [0.25, 0.3) is 0 Å². The normalized spacial score (nSPS) is 28.8. The van der Waals surface area contributed by atoms with Gasteiger partial charge in [-0.2, -0.15) is 4.98 Å². The smallest absolute Gasteiger partial charge is 0.215 e. The number of nitrogens with zero attached hydrogens (tertiary/aromatic N) is 1. The summed E-state index contributed by atoms with van der Waals surface area (Å²) in [7, 11) is 0. The van der Waals surface area contributed by atoms with Crippen molar-refractivity contribution in [1.29, 1.82) is 0 Å². The number of pyridine rings is 1. The predicted molar refractivity (Wildman–Crippen MR) is 65.7 cm³/mol. The number of anilines is 1. The van der Waals surface area contributed by atoms with Crippen LogP contribution in [-0.4, -0.2) is 23.3 Å². The van der Waals surface area contributed by atoms with Gasteiger partial charge in [-0.25, -0.2) is 5.84 Å². The number of hydrogen-bond donors (Lipinski definition) is 2. The van der Waals surface area contributed by atoms with E-state index in [4.69, 9.17) is 15.3 Å². The number of nitrogens with one attached hydrogen (secondary N) is 1. The van der Waals surface area contributed by atoms with Gasteiger partial charge in [0.15, 0.2) is 0 Å². The van der Waals surface area contributed by atoms with Crippen LogP contribution in [0.2, 0.25) is 0 Å². The highest BCUT2D eigenvalue weighted by Crippen LogP contribution is 2.23. The van der Waals surface area contributed by atoms with Crippen molar-refractivity contribution in [3.63, 3.8) is 0 Å². The van der Waals surface area contributed by atoms with Crippen LogP contribution in [0.3, 0.4) is 0 Å². The highest BCUT2D eigenvalue weighted by Gasteiger charge is 2.26. The second-order valence-corrected chi connectivity index (χ2v) is 4.47. The number of nitrogen functional groups attached to an aromatic ring is 1. The topological polar surface area (TPSA) is 69.4 Å². The van der Waals surface area contributed by atoms with E-state index in [0.717, 1.165) is 12.8 Å². The summed E-state index contributed by atoms with van der Waals surface area (Å²) in [6.07, 6.45) is 2.42. The zero-order valence-electron chi connectivity index (χ0n) is 10.2. The average Bonchev–Trinajstić information content (AvgIpc) is 2.28. The molecule has 1 aliphatic heterocycles. The summed E-state index contributed by atoms with van der Waals surface area (Å²) in [4.78, 5) is 4.24. The Morgan fingerprint density at radius 2 is 2.06 bits per heavy atom. The monoisotopic (exact) mass is 237 g/mol. The Hall–Kier alpha value is -1.33. The molecule has 5 nitrogen and oxygen atoms in total. The van der Waals surface area contributed by atoms with Gasteiger partial charge in [0, 0.05) is 18.9 Å². The van der Waals surface area contributed by atoms with Crippen LogP contribution in [-0.2, 0) is 4.74 Å². The molecule has 2 heterocycles. The second kappa shape index (κ2) is 5.33. The van der Waals surface area contributed by atoms with Crippen LogP contribution < -0.4 is 16.0 Å². The summed E-state index contributed by atoms with van der Waals surface area (Å²) >= 11 is 0. The van der Waals surface area contributed by atoms with Gasteiger partial charge in [0.25, 0.3) is 0 Å². The number of aromatic nitrogens is 1. The number of hydrazine groups is 1. The fourth-order valence-corrected chi connectivity index (χ4v) is 2.17. The molecule has 0 radical (unpaired) electrons. The average molecular weight is 237 g/mol. The van der Waals surface area contributed by atoms with Crippen molar-refractivity contribution >= 4 is 5.82 Å². The maximum Gasteiger partial charge on any atom is 0.215 e. The van der Waals surface area contributed by atoms with Crippen molar-refractivity contribution < 1.29 is 9.47 Å². The molecule has 5 heteroatoms. The van der Waals surface area contributed by atoms with Gasteiger partial charge >= 0.3 is 0 Å². The van der Waals surface area contributed by atoms with E-state index >= 15 is 0 Å². The maximum atomic E-state index is 5.85. The lowest BCUT2D eigenvalue weighted by Crippen LogP contribution is -2.35. The highest BCUT2D eigenvalue weighted by molar-refractivity contribution is 5.35. The molecule has 2 atom stereocenters. The fraction of sp³-hybridized carbons (Fsp3) is 0.583. The fourth-order valence-electron chi connectivity index (χ4n) is 2.17. The van der Waals surface area contributed by atoms with Gasteiger partial charge in [-0.05, 0) is 19.9 Å². The minimum atomic E-state index is 0.161. The zero-order valence-corrected chi connectivity index (χ0v) is 10.2. The first kappa shape index (κ1) is 12.1. The molecule has 17 heavy (non-hydrogen) atoms. The van der Waals surface area contributed by atoms with E-state index in [9.17, 15) is 0 Å². The Labute approximate surface area is 101 Å². The molecular weight excluding hydrogens is 218 g/mol. The van der Waals surface area contributed by atoms with Gasteiger partial charge in [0.1, 0.15) is 11.9 Å². The molecule has 0 aromatic carbocycles. The Bertz CT molecular complexity index is 363. The number of rotatable bonds is 3. The molecule has 1 saturated heterocycles. The summed E-state index contributed by atoms with van der Waals surface area (Å²) in [5.41, 5.74) is 2.51. The lowest BCUT2D eigenvalue weighted by molar-refractivity contribution is -0.0729. The predicted octanol–water partition coefficient (Wildman–Crippen LogP) is 1.70. The first-order valence-corrected chi connectivity index (χ1v) is 5.93. The molecule has 1 fully saturated rings. The summed E-state index contributed by atoms with van der Waals surface area (Å²) in [6.45, 7) is 4.13. The molecule has 0 spiro atoms. The molecule has 0 saturated carbocycles. The lowest BCUT2D eigenvalue weighted by Gasteiger charge is -2.31. The Balaban J connectivity index is 1.99. The van der Waals surface area contributed by atoms with E-state index in [1.165, 1.54) is 0 Å². The van der Waals surface area contributed by atoms with Crippen molar-refractivity contribution in [2.24, 2.45) is 5.84 Å². The van der Waals surface area contributed by atoms with Crippen LogP contribution in [0.1, 0.15) is 26.7 Å². The zero-order chi connectivity index (χ0) is 12.3. The Morgan fingerprint density at radius 3 is 2.71 bits per heavy atom. The molecule has 2 rings (SSSR count). The van der Waals surface area contributed by atoms with Gasteiger partial charge in [0.05, 0.1) is 12.2 Å². The third-order valence-electron chi connectivity index (χ3n) is 2.81. The van der Waals surface area contributed by atoms with Crippen LogP contribution in [0, 0.1) is 0 Å². The van der Waals surface area contributed by atoms with E-state index in [1.54, 1.807) is 6.07 Å². The molecule has 94 valence electrons. The van der Waals surface area contributed by atoms with Crippen LogP contribution >= 0.6 is 0 Å². The van der Waals surface area contributed by atoms with E-state index in [2.05, 4.69) is 24.3 Å². The maximum absolute atomic E-state index is 5.85. The molecule has 0 amide bonds. The van der Waals surface area contributed by atoms with Crippen LogP contribution in [0.5, 0.6) is 5.88 Å². The third-order valence-corrected chi connectivity index (χ3v) is 2.81. The van der Waals surface area contributed by atoms with E-state index in [0.29, 0.717) is 11.7 Å². The summed E-state index contributed by atoms with van der Waals surface area (Å²) < 4.78 is 11.5. The van der Waals surface area contributed by atoms with Crippen LogP contribution in [0.4, 0.5) is 5.82 Å². The van der Waals surface area contributed by atoms with E-state index < -0.39 is 0 Å². The van der Waals surface area contributed by atoms with Crippen molar-refractivity contribution in [1.82, 2.24) is 4.98 Å². The van der Waals surface area contributed by atoms with Gasteiger partial charge in [-0.3, -0.25) is 0 Å². The largest absolute Gasteiger partial charge is 0.474 e. The summed E-state index contributed by atoms with van der Waals surface area (Å²) in [6, 6.07) is 5.50. The molecular formula is C12H19N3O2. The Morgan fingerprint density at radius 1 is 1.35 bits per heavy atom. The van der Waals surface area contributed by atoms with Gasteiger partial charge < -0.3 is 14.9 Å².